The molecule has 0 amide bonds. The normalized spacial score (nSPS) is 28.2. The van der Waals surface area contributed by atoms with E-state index >= 15 is 0 Å². The lowest BCUT2D eigenvalue weighted by Crippen LogP contribution is -2.37. The van der Waals surface area contributed by atoms with Gasteiger partial charge in [-0.2, -0.15) is 0 Å². The van der Waals surface area contributed by atoms with E-state index in [4.69, 9.17) is 14.2 Å². The summed E-state index contributed by atoms with van der Waals surface area (Å²) < 4.78 is 16.1. The number of carbonyl (C=O) groups excluding carboxylic acids is 1. The molecule has 0 bridgehead atoms. The Hall–Kier alpha value is -1.75. The van der Waals surface area contributed by atoms with Crippen LogP contribution in [0.5, 0.6) is 11.5 Å². The van der Waals surface area contributed by atoms with E-state index in [-0.39, 0.29) is 17.3 Å². The predicted octanol–water partition coefficient (Wildman–Crippen LogP) is 1.11. The fourth-order valence-corrected chi connectivity index (χ4v) is 3.01. The van der Waals surface area contributed by atoms with Crippen molar-refractivity contribution in [3.8, 4) is 11.5 Å². The molecule has 0 saturated carbocycles. The number of methoxy groups -OCH3 is 1. The van der Waals surface area contributed by atoms with Crippen LogP contribution in [-0.2, 0) is 14.9 Å². The molecule has 3 rings (SSSR count). The smallest absolute Gasteiger partial charge is 0.310 e. The number of rotatable bonds is 2. The molecule has 1 aromatic rings. The molecule has 2 aliphatic heterocycles. The molecule has 5 nitrogen and oxygen atoms in total. The van der Waals surface area contributed by atoms with Gasteiger partial charge in [-0.25, -0.2) is 0 Å². The Morgan fingerprint density at radius 2 is 2.10 bits per heavy atom. The standard InChI is InChI=1S/C15H19NO4/c1-15(9-16-8-11(15)14(17)18-2)10-3-4-12-13(7-10)20-6-5-19-12/h3-4,7,11,16H,5-6,8-9H2,1-2H3. The number of ether oxygens (including phenoxy) is 3. The van der Waals surface area contributed by atoms with Crippen LogP contribution in [0, 0.1) is 5.92 Å². The molecule has 2 aliphatic rings. The predicted molar refractivity (Wildman–Crippen MR) is 73.2 cm³/mol. The van der Waals surface area contributed by atoms with Gasteiger partial charge in [0.1, 0.15) is 13.2 Å². The first-order valence-corrected chi connectivity index (χ1v) is 6.84. The van der Waals surface area contributed by atoms with Crippen molar-refractivity contribution >= 4 is 5.97 Å². The van der Waals surface area contributed by atoms with E-state index in [1.165, 1.54) is 7.11 Å². The maximum atomic E-state index is 12.0. The van der Waals surface area contributed by atoms with Gasteiger partial charge in [0.05, 0.1) is 13.0 Å². The zero-order chi connectivity index (χ0) is 14.2. The molecule has 2 unspecified atom stereocenters. The van der Waals surface area contributed by atoms with E-state index in [1.807, 2.05) is 18.2 Å². The third-order valence-electron chi connectivity index (χ3n) is 4.30. The maximum absolute atomic E-state index is 12.0. The third kappa shape index (κ3) is 2.02. The zero-order valence-corrected chi connectivity index (χ0v) is 11.8. The van der Waals surface area contributed by atoms with Gasteiger partial charge in [-0.15, -0.1) is 0 Å². The molecule has 0 aromatic heterocycles. The van der Waals surface area contributed by atoms with Crippen molar-refractivity contribution in [1.29, 1.82) is 0 Å². The summed E-state index contributed by atoms with van der Waals surface area (Å²) in [5.74, 6) is 1.16. The highest BCUT2D eigenvalue weighted by Gasteiger charge is 2.45. The van der Waals surface area contributed by atoms with E-state index in [1.54, 1.807) is 0 Å². The summed E-state index contributed by atoms with van der Waals surface area (Å²) in [4.78, 5) is 12.0. The first kappa shape index (κ1) is 13.2. The lowest BCUT2D eigenvalue weighted by atomic mass is 9.74. The third-order valence-corrected chi connectivity index (χ3v) is 4.30. The molecular formula is C15H19NO4. The number of hydrogen-bond donors (Lipinski definition) is 1. The summed E-state index contributed by atoms with van der Waals surface area (Å²) in [5, 5.41) is 3.28. The molecule has 1 fully saturated rings. The van der Waals surface area contributed by atoms with Gasteiger partial charge in [0.25, 0.3) is 0 Å². The average molecular weight is 277 g/mol. The van der Waals surface area contributed by atoms with Gasteiger partial charge < -0.3 is 19.5 Å². The Labute approximate surface area is 118 Å². The van der Waals surface area contributed by atoms with Gasteiger partial charge in [-0.1, -0.05) is 13.0 Å². The van der Waals surface area contributed by atoms with Gasteiger partial charge in [-0.3, -0.25) is 4.79 Å². The lowest BCUT2D eigenvalue weighted by molar-refractivity contribution is -0.146. The van der Waals surface area contributed by atoms with Crippen LogP contribution < -0.4 is 14.8 Å². The molecule has 1 N–H and O–H groups in total. The summed E-state index contributed by atoms with van der Waals surface area (Å²) in [7, 11) is 1.44. The molecule has 0 spiro atoms. The topological polar surface area (TPSA) is 56.8 Å². The van der Waals surface area contributed by atoms with Crippen molar-refractivity contribution in [2.24, 2.45) is 5.92 Å². The zero-order valence-electron chi connectivity index (χ0n) is 11.8. The Morgan fingerprint density at radius 1 is 1.35 bits per heavy atom. The Morgan fingerprint density at radius 3 is 2.85 bits per heavy atom. The highest BCUT2D eigenvalue weighted by atomic mass is 16.6. The number of hydrogen-bond acceptors (Lipinski definition) is 5. The SMILES string of the molecule is COC(=O)C1CNCC1(C)c1ccc2c(c1)OCCO2. The molecular weight excluding hydrogens is 258 g/mol. The second-order valence-electron chi connectivity index (χ2n) is 5.48. The Kier molecular flexibility index (Phi) is 3.30. The van der Waals surface area contributed by atoms with Crippen molar-refractivity contribution in [2.45, 2.75) is 12.3 Å². The first-order chi connectivity index (χ1) is 9.65. The second kappa shape index (κ2) is 4.98. The van der Waals surface area contributed by atoms with E-state index < -0.39 is 0 Å². The van der Waals surface area contributed by atoms with Crippen LogP contribution in [0.1, 0.15) is 12.5 Å². The van der Waals surface area contributed by atoms with Crippen molar-refractivity contribution < 1.29 is 19.0 Å². The number of nitrogens with one attached hydrogen (secondary N) is 1. The quantitative estimate of drug-likeness (QED) is 0.821. The summed E-state index contributed by atoms with van der Waals surface area (Å²) >= 11 is 0. The van der Waals surface area contributed by atoms with E-state index in [0.717, 1.165) is 23.6 Å². The fourth-order valence-electron chi connectivity index (χ4n) is 3.01. The van der Waals surface area contributed by atoms with Gasteiger partial charge in [0, 0.05) is 18.5 Å². The highest BCUT2D eigenvalue weighted by molar-refractivity contribution is 5.75. The van der Waals surface area contributed by atoms with Crippen molar-refractivity contribution in [3.63, 3.8) is 0 Å². The van der Waals surface area contributed by atoms with Gasteiger partial charge >= 0.3 is 5.97 Å². The monoisotopic (exact) mass is 277 g/mol. The summed E-state index contributed by atoms with van der Waals surface area (Å²) in [6, 6.07) is 5.91. The fraction of sp³-hybridized carbons (Fsp3) is 0.533. The number of carbonyl (C=O) groups is 1. The van der Waals surface area contributed by atoms with Crippen LogP contribution in [-0.4, -0.2) is 39.4 Å². The summed E-state index contributed by atoms with van der Waals surface area (Å²) in [5.41, 5.74) is 0.783. The van der Waals surface area contributed by atoms with Crippen LogP contribution in [0.4, 0.5) is 0 Å². The largest absolute Gasteiger partial charge is 0.486 e. The summed E-state index contributed by atoms with van der Waals surface area (Å²) in [6.07, 6.45) is 0. The molecule has 0 radical (unpaired) electrons. The minimum atomic E-state index is -0.289. The van der Waals surface area contributed by atoms with Crippen molar-refractivity contribution in [3.05, 3.63) is 23.8 Å². The van der Waals surface area contributed by atoms with E-state index in [2.05, 4.69) is 12.2 Å². The minimum Gasteiger partial charge on any atom is -0.486 e. The van der Waals surface area contributed by atoms with Crippen LogP contribution in [0.25, 0.3) is 0 Å². The van der Waals surface area contributed by atoms with Gasteiger partial charge in [0.2, 0.25) is 0 Å². The molecule has 5 heteroatoms. The molecule has 2 heterocycles. The first-order valence-electron chi connectivity index (χ1n) is 6.84. The van der Waals surface area contributed by atoms with E-state index in [9.17, 15) is 4.79 Å². The second-order valence-corrected chi connectivity index (χ2v) is 5.48. The van der Waals surface area contributed by atoms with Crippen LogP contribution in [0.15, 0.2) is 18.2 Å². The minimum absolute atomic E-state index is 0.174. The Balaban J connectivity index is 1.96. The highest BCUT2D eigenvalue weighted by Crippen LogP contribution is 2.40. The molecule has 20 heavy (non-hydrogen) atoms. The summed E-state index contributed by atoms with van der Waals surface area (Å²) in [6.45, 7) is 4.60. The van der Waals surface area contributed by atoms with Crippen molar-refractivity contribution in [2.75, 3.05) is 33.4 Å². The van der Waals surface area contributed by atoms with Crippen LogP contribution >= 0.6 is 0 Å². The molecule has 108 valence electrons. The number of esters is 1. The molecule has 0 aliphatic carbocycles. The number of benzene rings is 1. The van der Waals surface area contributed by atoms with Crippen molar-refractivity contribution in [1.82, 2.24) is 5.32 Å². The van der Waals surface area contributed by atoms with Gasteiger partial charge in [-0.05, 0) is 17.7 Å². The van der Waals surface area contributed by atoms with E-state index in [0.29, 0.717) is 19.8 Å². The molecule has 2 atom stereocenters. The molecule has 1 saturated heterocycles. The van der Waals surface area contributed by atoms with Crippen LogP contribution in [0.3, 0.4) is 0 Å². The molecule has 1 aromatic carbocycles. The lowest BCUT2D eigenvalue weighted by Gasteiger charge is -2.30. The Bertz CT molecular complexity index is 531. The number of fused-ring (bicyclic) bond motifs is 1. The van der Waals surface area contributed by atoms with Crippen LogP contribution in [0.2, 0.25) is 0 Å². The van der Waals surface area contributed by atoms with Gasteiger partial charge in [0.15, 0.2) is 11.5 Å². The maximum Gasteiger partial charge on any atom is 0.310 e. The average Bonchev–Trinajstić information content (AvgIpc) is 2.89.